The van der Waals surface area contributed by atoms with Crippen LogP contribution in [-0.4, -0.2) is 45.8 Å². The van der Waals surface area contributed by atoms with Crippen LogP contribution in [0.1, 0.15) is 125 Å². The molecule has 5 aliphatic rings. The summed E-state index contributed by atoms with van der Waals surface area (Å²) < 4.78 is 0. The fourth-order valence-corrected chi connectivity index (χ4v) is 10.3. The molecule has 1 aliphatic heterocycles. The number of nitrogens with one attached hydrogen (secondary N) is 1. The van der Waals surface area contributed by atoms with Crippen molar-refractivity contribution >= 4 is 11.7 Å². The smallest absolute Gasteiger partial charge is 0.220 e. The van der Waals surface area contributed by atoms with Crippen LogP contribution in [-0.2, 0) is 9.59 Å². The number of hydrogen-bond donors (Lipinski definition) is 3. The van der Waals surface area contributed by atoms with Gasteiger partial charge in [-0.05, 0) is 130 Å². The Bertz CT molecular complexity index is 979. The number of nitrogens with zero attached hydrogens (tertiary/aromatic N) is 2. The van der Waals surface area contributed by atoms with Crippen LogP contribution in [0, 0.1) is 46.3 Å². The number of amides is 1. The van der Waals surface area contributed by atoms with Gasteiger partial charge in [-0.3, -0.25) is 9.59 Å². The Labute approximate surface area is 241 Å². The Hall–Kier alpha value is -1.34. The summed E-state index contributed by atoms with van der Waals surface area (Å²) in [6.45, 7) is 11.1. The number of Topliss-reactive ketones (excluding diaryl/α,β-unsaturated/α-hetero) is 1. The molecule has 11 atom stereocenters. The van der Waals surface area contributed by atoms with E-state index in [0.29, 0.717) is 61.2 Å². The third-order valence-electron chi connectivity index (χ3n) is 12.9. The molecule has 0 aromatic rings. The zero-order valence-electron chi connectivity index (χ0n) is 25.7. The number of carbonyl (C=O) groups excluding carboxylic acids is 2. The zero-order chi connectivity index (χ0) is 28.9. The van der Waals surface area contributed by atoms with Crippen LogP contribution in [0.25, 0.3) is 0 Å². The second-order valence-electron chi connectivity index (χ2n) is 15.2. The summed E-state index contributed by atoms with van der Waals surface area (Å²) in [5, 5.41) is 33.3. The highest BCUT2D eigenvalue weighted by Crippen LogP contribution is 2.68. The highest BCUT2D eigenvalue weighted by Gasteiger charge is 2.63. The molecule has 0 bridgehead atoms. The normalized spacial score (nSPS) is 42.7. The minimum atomic E-state index is -0.451. The number of aliphatic hydroxyl groups is 2. The molecule has 11 unspecified atom stereocenters. The van der Waals surface area contributed by atoms with Crippen molar-refractivity contribution < 1.29 is 19.8 Å². The molecule has 1 heterocycles. The first-order valence-corrected chi connectivity index (χ1v) is 16.5. The van der Waals surface area contributed by atoms with Gasteiger partial charge in [0.1, 0.15) is 0 Å². The van der Waals surface area contributed by atoms with E-state index in [4.69, 9.17) is 0 Å². The maximum absolute atomic E-state index is 13.1. The van der Waals surface area contributed by atoms with Gasteiger partial charge in [0, 0.05) is 12.8 Å². The van der Waals surface area contributed by atoms with Crippen LogP contribution in [0.5, 0.6) is 0 Å². The lowest BCUT2D eigenvalue weighted by molar-refractivity contribution is -0.175. The zero-order valence-corrected chi connectivity index (χ0v) is 25.7. The second kappa shape index (κ2) is 11.4. The predicted octanol–water partition coefficient (Wildman–Crippen LogP) is 6.21. The number of rotatable bonds is 11. The summed E-state index contributed by atoms with van der Waals surface area (Å²) in [4.78, 5) is 25.8. The van der Waals surface area contributed by atoms with Crippen molar-refractivity contribution in [2.75, 3.05) is 0 Å². The highest BCUT2D eigenvalue weighted by molar-refractivity contribution is 5.89. The van der Waals surface area contributed by atoms with Crippen LogP contribution < -0.4 is 5.32 Å². The third-order valence-corrected chi connectivity index (χ3v) is 12.9. The van der Waals surface area contributed by atoms with E-state index < -0.39 is 6.04 Å². The quantitative estimate of drug-likeness (QED) is 0.280. The van der Waals surface area contributed by atoms with E-state index in [1.54, 1.807) is 0 Å². The summed E-state index contributed by atoms with van der Waals surface area (Å²) in [7, 11) is 0. The Morgan fingerprint density at radius 2 is 1.70 bits per heavy atom. The standard InChI is InChI=1S/C33H55N3O4/c1-6-7-28(38)27(15-17-32(4)35-36-32)34-30(40)13-8-20(2)24-11-12-25-23-10-9-21-18-22(37)14-16-31(21,3)26(23)19-29(39)33(24,25)5/h20-27,29,37,39H,6-19H2,1-5H3,(H,34,40). The van der Waals surface area contributed by atoms with Crippen molar-refractivity contribution in [1.29, 1.82) is 0 Å². The van der Waals surface area contributed by atoms with Gasteiger partial charge in [0.2, 0.25) is 5.91 Å². The van der Waals surface area contributed by atoms with Crippen molar-refractivity contribution in [3.05, 3.63) is 0 Å². The Morgan fingerprint density at radius 1 is 0.950 bits per heavy atom. The molecule has 40 heavy (non-hydrogen) atoms. The van der Waals surface area contributed by atoms with Gasteiger partial charge in [-0.1, -0.05) is 27.7 Å². The lowest BCUT2D eigenvalue weighted by Crippen LogP contribution is -2.58. The van der Waals surface area contributed by atoms with E-state index in [0.717, 1.165) is 44.9 Å². The van der Waals surface area contributed by atoms with E-state index in [-0.39, 0.29) is 40.4 Å². The number of carbonyl (C=O) groups is 2. The van der Waals surface area contributed by atoms with Crippen molar-refractivity contribution in [3.8, 4) is 0 Å². The molecule has 0 saturated heterocycles. The lowest BCUT2D eigenvalue weighted by Gasteiger charge is -2.62. The van der Waals surface area contributed by atoms with E-state index in [2.05, 4.69) is 36.3 Å². The van der Waals surface area contributed by atoms with Gasteiger partial charge in [-0.2, -0.15) is 10.2 Å². The first-order chi connectivity index (χ1) is 18.9. The maximum Gasteiger partial charge on any atom is 0.220 e. The van der Waals surface area contributed by atoms with Crippen LogP contribution in [0.2, 0.25) is 0 Å². The number of hydrogen-bond acceptors (Lipinski definition) is 6. The molecule has 4 aliphatic carbocycles. The number of ketones is 1. The minimum absolute atomic E-state index is 0.0363. The summed E-state index contributed by atoms with van der Waals surface area (Å²) in [5.74, 6) is 3.19. The van der Waals surface area contributed by atoms with Gasteiger partial charge in [0.05, 0.1) is 18.2 Å². The van der Waals surface area contributed by atoms with Gasteiger partial charge >= 0.3 is 0 Å². The molecular formula is C33H55N3O4. The average molecular weight is 558 g/mol. The van der Waals surface area contributed by atoms with Gasteiger partial charge in [0.15, 0.2) is 11.4 Å². The largest absolute Gasteiger partial charge is 0.393 e. The summed E-state index contributed by atoms with van der Waals surface area (Å²) in [6.07, 6.45) is 11.9. The topological polar surface area (TPSA) is 111 Å². The van der Waals surface area contributed by atoms with Crippen molar-refractivity contribution in [1.82, 2.24) is 5.32 Å². The second-order valence-corrected chi connectivity index (χ2v) is 15.2. The Balaban J connectivity index is 1.19. The first kappa shape index (κ1) is 30.1. The molecule has 7 nitrogen and oxygen atoms in total. The molecule has 0 radical (unpaired) electrons. The molecular weight excluding hydrogens is 502 g/mol. The van der Waals surface area contributed by atoms with Crippen LogP contribution in [0.15, 0.2) is 10.2 Å². The summed E-state index contributed by atoms with van der Waals surface area (Å²) >= 11 is 0. The van der Waals surface area contributed by atoms with Crippen LogP contribution in [0.3, 0.4) is 0 Å². The first-order valence-electron chi connectivity index (χ1n) is 16.5. The molecule has 226 valence electrons. The van der Waals surface area contributed by atoms with E-state index >= 15 is 0 Å². The van der Waals surface area contributed by atoms with Crippen molar-refractivity contribution in [3.63, 3.8) is 0 Å². The summed E-state index contributed by atoms with van der Waals surface area (Å²) in [5.41, 5.74) is -0.217. The number of fused-ring (bicyclic) bond motifs is 5. The molecule has 3 N–H and O–H groups in total. The van der Waals surface area contributed by atoms with Gasteiger partial charge < -0.3 is 15.5 Å². The monoisotopic (exact) mass is 557 g/mol. The van der Waals surface area contributed by atoms with Crippen LogP contribution >= 0.6 is 0 Å². The van der Waals surface area contributed by atoms with E-state index in [1.807, 2.05) is 13.8 Å². The molecule has 7 heteroatoms. The number of aliphatic hydroxyl groups excluding tert-OH is 2. The molecule has 0 aromatic carbocycles. The van der Waals surface area contributed by atoms with E-state index in [1.165, 1.54) is 19.3 Å². The molecule has 4 fully saturated rings. The molecule has 4 saturated carbocycles. The van der Waals surface area contributed by atoms with Crippen molar-refractivity contribution in [2.24, 2.45) is 56.6 Å². The molecule has 5 rings (SSSR count). The fourth-order valence-electron chi connectivity index (χ4n) is 10.3. The predicted molar refractivity (Wildman–Crippen MR) is 155 cm³/mol. The average Bonchev–Trinajstić information content (AvgIpc) is 3.54. The Morgan fingerprint density at radius 3 is 2.40 bits per heavy atom. The van der Waals surface area contributed by atoms with Crippen LogP contribution in [0.4, 0.5) is 0 Å². The third kappa shape index (κ3) is 5.55. The summed E-state index contributed by atoms with van der Waals surface area (Å²) in [6, 6.07) is -0.451. The van der Waals surface area contributed by atoms with E-state index in [9.17, 15) is 19.8 Å². The molecule has 1 amide bonds. The van der Waals surface area contributed by atoms with Gasteiger partial charge in [-0.25, -0.2) is 0 Å². The minimum Gasteiger partial charge on any atom is -0.393 e. The molecule has 0 aromatic heterocycles. The fraction of sp³-hybridized carbons (Fsp3) is 0.939. The SMILES string of the molecule is CCCC(=O)C(CCC1(C)N=N1)NC(=O)CCC(C)C1CCC2C3CCC4CC(O)CCC4(C)C3CC(O)C12C. The van der Waals surface area contributed by atoms with Gasteiger partial charge in [0.25, 0.3) is 0 Å². The Kier molecular flexibility index (Phi) is 8.58. The van der Waals surface area contributed by atoms with Crippen molar-refractivity contribution in [2.45, 2.75) is 148 Å². The molecule has 0 spiro atoms. The highest BCUT2D eigenvalue weighted by atomic mass is 16.3. The van der Waals surface area contributed by atoms with Gasteiger partial charge in [-0.15, -0.1) is 0 Å². The lowest BCUT2D eigenvalue weighted by atomic mass is 9.43. The maximum atomic E-state index is 13.1.